The number of likely N-dealkylation sites (tertiary alicyclic amines) is 1. The van der Waals surface area contributed by atoms with Crippen LogP contribution in [0.4, 0.5) is 13.2 Å². The molecular weight excluding hydrogens is 249 g/mol. The molecule has 1 aliphatic heterocycles. The number of alkyl halides is 3. The van der Waals surface area contributed by atoms with Crippen LogP contribution in [0, 0.1) is 11.3 Å². The summed E-state index contributed by atoms with van der Waals surface area (Å²) in [6.07, 6.45) is -1.20. The molecule has 0 amide bonds. The number of hydrogen-bond acceptors (Lipinski definition) is 3. The maximum atomic E-state index is 12.0. The van der Waals surface area contributed by atoms with Crippen LogP contribution in [0.25, 0.3) is 0 Å². The molecule has 17 heavy (non-hydrogen) atoms. The first kappa shape index (κ1) is 14.7. The molecule has 0 spiro atoms. The Labute approximate surface area is 104 Å². The van der Waals surface area contributed by atoms with Crippen molar-refractivity contribution >= 4 is 11.8 Å². The summed E-state index contributed by atoms with van der Waals surface area (Å²) in [6, 6.07) is 2.32. The summed E-state index contributed by atoms with van der Waals surface area (Å²) in [5, 5.41) is 9.07. The molecule has 0 atom stereocenters. The topological polar surface area (TPSA) is 27.0 Å². The van der Waals surface area contributed by atoms with E-state index in [1.165, 1.54) is 0 Å². The molecule has 0 aromatic heterocycles. The molecule has 1 rings (SSSR count). The number of thioether (sulfide) groups is 1. The summed E-state index contributed by atoms with van der Waals surface area (Å²) in [5.41, 5.74) is 0. The summed E-state index contributed by atoms with van der Waals surface area (Å²) < 4.78 is 35.6. The smallest absolute Gasteiger partial charge is 0.303 e. The molecule has 6 heteroatoms. The van der Waals surface area contributed by atoms with Gasteiger partial charge in [-0.05, 0) is 32.1 Å². The van der Waals surface area contributed by atoms with Crippen molar-refractivity contribution in [2.75, 3.05) is 25.9 Å². The minimum Gasteiger partial charge on any atom is -0.303 e. The Hall–Kier alpha value is -0.410. The van der Waals surface area contributed by atoms with E-state index in [1.54, 1.807) is 11.8 Å². The third-order valence-electron chi connectivity index (χ3n) is 3.19. The average molecular weight is 266 g/mol. The van der Waals surface area contributed by atoms with Crippen LogP contribution in [0.3, 0.4) is 0 Å². The third kappa shape index (κ3) is 4.76. The summed E-state index contributed by atoms with van der Waals surface area (Å²) in [4.78, 5) is 2.03. The maximum Gasteiger partial charge on any atom is 0.389 e. The summed E-state index contributed by atoms with van der Waals surface area (Å²) >= 11 is 1.56. The molecule has 0 bridgehead atoms. The number of halogens is 3. The molecular formula is C11H17F3N2S. The van der Waals surface area contributed by atoms with Crippen LogP contribution < -0.4 is 0 Å². The van der Waals surface area contributed by atoms with Crippen LogP contribution >= 0.6 is 11.8 Å². The second-order valence-electron chi connectivity index (χ2n) is 4.37. The number of nitrogens with zero attached hydrogens (tertiary/aromatic N) is 2. The first-order chi connectivity index (χ1) is 7.91. The van der Waals surface area contributed by atoms with E-state index < -0.39 is 12.6 Å². The Morgan fingerprint density at radius 3 is 2.35 bits per heavy atom. The summed E-state index contributed by atoms with van der Waals surface area (Å²) in [5.74, 6) is 0. The zero-order chi connectivity index (χ0) is 12.9. The first-order valence-electron chi connectivity index (χ1n) is 5.66. The SMILES string of the molecule is CSC1(C#N)CCN(CCCC(F)(F)F)CC1. The molecule has 98 valence electrons. The molecule has 1 saturated heterocycles. The van der Waals surface area contributed by atoms with E-state index in [9.17, 15) is 13.2 Å². The zero-order valence-electron chi connectivity index (χ0n) is 9.89. The van der Waals surface area contributed by atoms with E-state index in [4.69, 9.17) is 5.26 Å². The molecule has 1 aliphatic rings. The van der Waals surface area contributed by atoms with Crippen molar-refractivity contribution in [3.63, 3.8) is 0 Å². The van der Waals surface area contributed by atoms with Gasteiger partial charge in [-0.2, -0.15) is 18.4 Å². The van der Waals surface area contributed by atoms with Gasteiger partial charge >= 0.3 is 6.18 Å². The van der Waals surface area contributed by atoms with Crippen LogP contribution in [-0.2, 0) is 0 Å². The second kappa shape index (κ2) is 5.96. The van der Waals surface area contributed by atoms with Crippen molar-refractivity contribution in [1.29, 1.82) is 5.26 Å². The van der Waals surface area contributed by atoms with Crippen molar-refractivity contribution in [1.82, 2.24) is 4.90 Å². The van der Waals surface area contributed by atoms with Crippen molar-refractivity contribution in [2.45, 2.75) is 36.6 Å². The van der Waals surface area contributed by atoms with Gasteiger partial charge in [-0.3, -0.25) is 0 Å². The van der Waals surface area contributed by atoms with Crippen LogP contribution in [0.15, 0.2) is 0 Å². The Bertz CT molecular complexity index is 277. The normalized spacial score (nSPS) is 21.1. The monoisotopic (exact) mass is 266 g/mol. The van der Waals surface area contributed by atoms with Crippen LogP contribution in [0.1, 0.15) is 25.7 Å². The lowest BCUT2D eigenvalue weighted by Crippen LogP contribution is -2.42. The van der Waals surface area contributed by atoms with Crippen LogP contribution in [0.2, 0.25) is 0 Å². The zero-order valence-corrected chi connectivity index (χ0v) is 10.7. The fourth-order valence-electron chi connectivity index (χ4n) is 2.00. The van der Waals surface area contributed by atoms with E-state index in [2.05, 4.69) is 6.07 Å². The van der Waals surface area contributed by atoms with Gasteiger partial charge in [0.1, 0.15) is 4.75 Å². The first-order valence-corrected chi connectivity index (χ1v) is 6.89. The molecule has 0 saturated carbocycles. The maximum absolute atomic E-state index is 12.0. The van der Waals surface area contributed by atoms with Crippen molar-refractivity contribution < 1.29 is 13.2 Å². The predicted molar refractivity (Wildman–Crippen MR) is 62.8 cm³/mol. The Morgan fingerprint density at radius 1 is 1.35 bits per heavy atom. The highest BCUT2D eigenvalue weighted by molar-refractivity contribution is 8.00. The molecule has 0 aliphatic carbocycles. The number of piperidine rings is 1. The third-order valence-corrected chi connectivity index (χ3v) is 4.47. The molecule has 0 aromatic rings. The van der Waals surface area contributed by atoms with Crippen molar-refractivity contribution in [3.05, 3.63) is 0 Å². The van der Waals surface area contributed by atoms with E-state index in [0.29, 0.717) is 6.54 Å². The Balaban J connectivity index is 2.26. The van der Waals surface area contributed by atoms with E-state index in [0.717, 1.165) is 25.9 Å². The molecule has 1 heterocycles. The van der Waals surface area contributed by atoms with Crippen molar-refractivity contribution in [3.8, 4) is 6.07 Å². The quantitative estimate of drug-likeness (QED) is 0.782. The molecule has 2 nitrogen and oxygen atoms in total. The lowest BCUT2D eigenvalue weighted by atomic mass is 9.97. The van der Waals surface area contributed by atoms with Gasteiger partial charge in [0, 0.05) is 19.5 Å². The van der Waals surface area contributed by atoms with Gasteiger partial charge in [0.05, 0.1) is 6.07 Å². The lowest BCUT2D eigenvalue weighted by Gasteiger charge is -2.36. The lowest BCUT2D eigenvalue weighted by molar-refractivity contribution is -0.136. The van der Waals surface area contributed by atoms with E-state index in [1.807, 2.05) is 11.2 Å². The van der Waals surface area contributed by atoms with Gasteiger partial charge in [-0.25, -0.2) is 0 Å². The van der Waals surface area contributed by atoms with Crippen LogP contribution in [-0.4, -0.2) is 41.7 Å². The van der Waals surface area contributed by atoms with Gasteiger partial charge in [-0.15, -0.1) is 11.8 Å². The Morgan fingerprint density at radius 2 is 1.94 bits per heavy atom. The summed E-state index contributed by atoms with van der Waals surface area (Å²) in [6.45, 7) is 1.94. The van der Waals surface area contributed by atoms with Gasteiger partial charge in [-0.1, -0.05) is 0 Å². The summed E-state index contributed by atoms with van der Waals surface area (Å²) in [7, 11) is 0. The molecule has 0 unspecified atom stereocenters. The minimum absolute atomic E-state index is 0.155. The van der Waals surface area contributed by atoms with Gasteiger partial charge in [0.2, 0.25) is 0 Å². The van der Waals surface area contributed by atoms with Gasteiger partial charge < -0.3 is 4.90 Å². The molecule has 1 fully saturated rings. The number of nitriles is 1. The second-order valence-corrected chi connectivity index (χ2v) is 5.56. The van der Waals surface area contributed by atoms with E-state index in [-0.39, 0.29) is 11.2 Å². The highest BCUT2D eigenvalue weighted by Crippen LogP contribution is 2.33. The molecule has 0 aromatic carbocycles. The highest BCUT2D eigenvalue weighted by atomic mass is 32.2. The Kier molecular flexibility index (Phi) is 5.14. The minimum atomic E-state index is -4.05. The fraction of sp³-hybridized carbons (Fsp3) is 0.909. The number of rotatable bonds is 4. The predicted octanol–water partition coefficient (Wildman–Crippen LogP) is 3.05. The van der Waals surface area contributed by atoms with Crippen molar-refractivity contribution in [2.24, 2.45) is 0 Å². The number of hydrogen-bond donors (Lipinski definition) is 0. The van der Waals surface area contributed by atoms with Crippen LogP contribution in [0.5, 0.6) is 0 Å². The molecule has 0 N–H and O–H groups in total. The highest BCUT2D eigenvalue weighted by Gasteiger charge is 2.34. The molecule has 0 radical (unpaired) electrons. The average Bonchev–Trinajstić information content (AvgIpc) is 2.29. The standard InChI is InChI=1S/C11H17F3N2S/c1-17-10(9-15)4-7-16(8-5-10)6-2-3-11(12,13)14/h2-8H2,1H3. The van der Waals surface area contributed by atoms with E-state index >= 15 is 0 Å². The van der Waals surface area contributed by atoms with Gasteiger partial charge in [0.25, 0.3) is 0 Å². The van der Waals surface area contributed by atoms with Gasteiger partial charge in [0.15, 0.2) is 0 Å². The largest absolute Gasteiger partial charge is 0.389 e. The fourth-order valence-corrected chi connectivity index (χ4v) is 2.68.